The molecular formula is C15H21F2N3. The van der Waals surface area contributed by atoms with Crippen LogP contribution in [-0.4, -0.2) is 19.6 Å². The molecule has 1 aromatic carbocycles. The lowest BCUT2D eigenvalue weighted by molar-refractivity contribution is 0.550. The van der Waals surface area contributed by atoms with Crippen LogP contribution in [0.5, 0.6) is 0 Å². The lowest BCUT2D eigenvalue weighted by Gasteiger charge is -2.18. The summed E-state index contributed by atoms with van der Waals surface area (Å²) in [6.07, 6.45) is 3.79. The fourth-order valence-corrected chi connectivity index (χ4v) is 2.13. The van der Waals surface area contributed by atoms with Crippen molar-refractivity contribution in [2.75, 3.05) is 13.6 Å². The molecular weight excluding hydrogens is 260 g/mol. The largest absolute Gasteiger partial charge is 0.356 e. The second-order valence-electron chi connectivity index (χ2n) is 5.26. The van der Waals surface area contributed by atoms with Crippen LogP contribution in [0.25, 0.3) is 0 Å². The number of hydrogen-bond donors (Lipinski definition) is 2. The van der Waals surface area contributed by atoms with E-state index in [-0.39, 0.29) is 6.04 Å². The molecule has 2 rings (SSSR count). The van der Waals surface area contributed by atoms with Crippen LogP contribution in [0.4, 0.5) is 8.78 Å². The Balaban J connectivity index is 1.88. The minimum absolute atomic E-state index is 0.275. The third-order valence-corrected chi connectivity index (χ3v) is 3.55. The summed E-state index contributed by atoms with van der Waals surface area (Å²) < 4.78 is 26.6. The van der Waals surface area contributed by atoms with Crippen molar-refractivity contribution in [1.82, 2.24) is 10.6 Å². The van der Waals surface area contributed by atoms with Crippen molar-refractivity contribution in [2.45, 2.75) is 32.2 Å². The van der Waals surface area contributed by atoms with Gasteiger partial charge in [0.05, 0.1) is 6.04 Å². The topological polar surface area (TPSA) is 36.4 Å². The van der Waals surface area contributed by atoms with Crippen molar-refractivity contribution in [3.8, 4) is 0 Å². The van der Waals surface area contributed by atoms with E-state index in [4.69, 9.17) is 0 Å². The minimum atomic E-state index is -0.564. The highest BCUT2D eigenvalue weighted by molar-refractivity contribution is 5.80. The number of hydrogen-bond acceptors (Lipinski definition) is 1. The number of halogens is 2. The van der Waals surface area contributed by atoms with Crippen molar-refractivity contribution in [3.63, 3.8) is 0 Å². The van der Waals surface area contributed by atoms with E-state index in [1.54, 1.807) is 7.05 Å². The van der Waals surface area contributed by atoms with Crippen LogP contribution >= 0.6 is 0 Å². The summed E-state index contributed by atoms with van der Waals surface area (Å²) in [6.45, 7) is 2.69. The summed E-state index contributed by atoms with van der Waals surface area (Å²) in [7, 11) is 1.68. The third-order valence-electron chi connectivity index (χ3n) is 3.55. The predicted octanol–water partition coefficient (Wildman–Crippen LogP) is 2.99. The van der Waals surface area contributed by atoms with Crippen LogP contribution in [-0.2, 0) is 0 Å². The Morgan fingerprint density at radius 1 is 1.40 bits per heavy atom. The van der Waals surface area contributed by atoms with Gasteiger partial charge in [0.25, 0.3) is 0 Å². The number of guanidine groups is 1. The third kappa shape index (κ3) is 4.18. The quantitative estimate of drug-likeness (QED) is 0.643. The van der Waals surface area contributed by atoms with Crippen molar-refractivity contribution >= 4 is 5.96 Å². The molecule has 1 aliphatic rings. The molecule has 5 heteroatoms. The van der Waals surface area contributed by atoms with Gasteiger partial charge in [-0.15, -0.1) is 0 Å². The maximum Gasteiger partial charge on any atom is 0.191 e. The van der Waals surface area contributed by atoms with Gasteiger partial charge in [-0.1, -0.05) is 18.9 Å². The second-order valence-corrected chi connectivity index (χ2v) is 5.26. The smallest absolute Gasteiger partial charge is 0.191 e. The summed E-state index contributed by atoms with van der Waals surface area (Å²) in [5.41, 5.74) is 0.427. The van der Waals surface area contributed by atoms with Gasteiger partial charge >= 0.3 is 0 Å². The molecule has 2 N–H and O–H groups in total. The van der Waals surface area contributed by atoms with Gasteiger partial charge in [-0.3, -0.25) is 4.99 Å². The van der Waals surface area contributed by atoms with Crippen LogP contribution in [0.1, 0.15) is 37.8 Å². The normalized spacial score (nSPS) is 16.9. The van der Waals surface area contributed by atoms with E-state index in [1.807, 2.05) is 6.92 Å². The molecule has 1 saturated carbocycles. The lowest BCUT2D eigenvalue weighted by Crippen LogP contribution is -2.39. The van der Waals surface area contributed by atoms with E-state index in [0.717, 1.165) is 24.9 Å². The van der Waals surface area contributed by atoms with Crippen LogP contribution in [0.3, 0.4) is 0 Å². The zero-order chi connectivity index (χ0) is 14.5. The molecule has 0 bridgehead atoms. The molecule has 0 aromatic heterocycles. The molecule has 0 radical (unpaired) electrons. The first kappa shape index (κ1) is 14.8. The van der Waals surface area contributed by atoms with Gasteiger partial charge in [0, 0.05) is 25.2 Å². The maximum absolute atomic E-state index is 13.7. The minimum Gasteiger partial charge on any atom is -0.356 e. The van der Waals surface area contributed by atoms with E-state index in [1.165, 1.54) is 25.0 Å². The SMILES string of the molecule is CN=C(NCCC1CC1)NC(C)c1ccc(F)cc1F. The van der Waals surface area contributed by atoms with Crippen molar-refractivity contribution in [3.05, 3.63) is 35.4 Å². The zero-order valence-corrected chi connectivity index (χ0v) is 11.9. The summed E-state index contributed by atoms with van der Waals surface area (Å²) in [5, 5.41) is 6.33. The molecule has 0 heterocycles. The Morgan fingerprint density at radius 2 is 2.15 bits per heavy atom. The number of nitrogens with one attached hydrogen (secondary N) is 2. The highest BCUT2D eigenvalue weighted by atomic mass is 19.1. The summed E-state index contributed by atoms with van der Waals surface area (Å²) >= 11 is 0. The van der Waals surface area contributed by atoms with Crippen LogP contribution < -0.4 is 10.6 Å². The fraction of sp³-hybridized carbons (Fsp3) is 0.533. The van der Waals surface area contributed by atoms with Crippen LogP contribution in [0, 0.1) is 17.6 Å². The van der Waals surface area contributed by atoms with Crippen molar-refractivity contribution < 1.29 is 8.78 Å². The number of benzene rings is 1. The highest BCUT2D eigenvalue weighted by Crippen LogP contribution is 2.31. The highest BCUT2D eigenvalue weighted by Gasteiger charge is 2.20. The van der Waals surface area contributed by atoms with Crippen LogP contribution in [0.15, 0.2) is 23.2 Å². The Labute approximate surface area is 118 Å². The molecule has 0 aliphatic heterocycles. The molecule has 20 heavy (non-hydrogen) atoms. The molecule has 1 atom stereocenters. The molecule has 0 spiro atoms. The molecule has 0 saturated heterocycles. The summed E-state index contributed by atoms with van der Waals surface area (Å²) in [5.74, 6) is 0.387. The Hall–Kier alpha value is -1.65. The van der Waals surface area contributed by atoms with Crippen LogP contribution in [0.2, 0.25) is 0 Å². The van der Waals surface area contributed by atoms with Gasteiger partial charge in [0.2, 0.25) is 0 Å². The first-order valence-electron chi connectivity index (χ1n) is 7.02. The van der Waals surface area contributed by atoms with Gasteiger partial charge in [0.15, 0.2) is 5.96 Å². The van der Waals surface area contributed by atoms with E-state index < -0.39 is 11.6 Å². The number of nitrogens with zero attached hydrogens (tertiary/aromatic N) is 1. The standard InChI is InChI=1S/C15H21F2N3/c1-10(13-6-5-12(16)9-14(13)17)20-15(18-2)19-8-7-11-3-4-11/h5-6,9-11H,3-4,7-8H2,1-2H3,(H2,18,19,20). The molecule has 110 valence electrons. The molecule has 1 unspecified atom stereocenters. The van der Waals surface area contributed by atoms with Gasteiger partial charge in [-0.05, 0) is 25.3 Å². The van der Waals surface area contributed by atoms with E-state index >= 15 is 0 Å². The van der Waals surface area contributed by atoms with Crippen molar-refractivity contribution in [2.24, 2.45) is 10.9 Å². The molecule has 1 aromatic rings. The monoisotopic (exact) mass is 281 g/mol. The molecule has 1 aliphatic carbocycles. The van der Waals surface area contributed by atoms with Gasteiger partial charge < -0.3 is 10.6 Å². The average Bonchev–Trinajstić information content (AvgIpc) is 3.21. The zero-order valence-electron chi connectivity index (χ0n) is 11.9. The lowest BCUT2D eigenvalue weighted by atomic mass is 10.1. The number of rotatable bonds is 5. The van der Waals surface area contributed by atoms with Gasteiger partial charge in [0.1, 0.15) is 11.6 Å². The first-order valence-corrected chi connectivity index (χ1v) is 7.02. The summed E-state index contributed by atoms with van der Waals surface area (Å²) in [4.78, 5) is 4.12. The Morgan fingerprint density at radius 3 is 2.75 bits per heavy atom. The average molecular weight is 281 g/mol. The van der Waals surface area contributed by atoms with Gasteiger partial charge in [-0.25, -0.2) is 8.78 Å². The second kappa shape index (κ2) is 6.68. The van der Waals surface area contributed by atoms with Crippen molar-refractivity contribution in [1.29, 1.82) is 0 Å². The van der Waals surface area contributed by atoms with E-state index in [9.17, 15) is 8.78 Å². The maximum atomic E-state index is 13.7. The van der Waals surface area contributed by atoms with E-state index in [2.05, 4.69) is 15.6 Å². The van der Waals surface area contributed by atoms with Gasteiger partial charge in [-0.2, -0.15) is 0 Å². The summed E-state index contributed by atoms with van der Waals surface area (Å²) in [6, 6.07) is 3.35. The Kier molecular flexibility index (Phi) is 4.93. The molecule has 3 nitrogen and oxygen atoms in total. The number of aliphatic imine (C=N–C) groups is 1. The fourth-order valence-electron chi connectivity index (χ4n) is 2.13. The van der Waals surface area contributed by atoms with E-state index in [0.29, 0.717) is 11.5 Å². The molecule has 1 fully saturated rings. The molecule has 0 amide bonds. The first-order chi connectivity index (χ1) is 9.60. The Bertz CT molecular complexity index is 484. The predicted molar refractivity (Wildman–Crippen MR) is 76.6 cm³/mol.